The van der Waals surface area contributed by atoms with Gasteiger partial charge in [0.15, 0.2) is 5.13 Å². The van der Waals surface area contributed by atoms with E-state index in [0.29, 0.717) is 23.1 Å². The SMILES string of the molecule is CNc1nc(N)c(C(=O)N2CCCNC(=O)C2)s1. The minimum Gasteiger partial charge on any atom is -0.382 e. The smallest absolute Gasteiger partial charge is 0.268 e. The van der Waals surface area contributed by atoms with Crippen molar-refractivity contribution >= 4 is 34.1 Å². The zero-order chi connectivity index (χ0) is 13.1. The molecular formula is C10H15N5O2S. The third kappa shape index (κ3) is 2.53. The number of carbonyl (C=O) groups excluding carboxylic acids is 2. The Hall–Kier alpha value is -1.83. The zero-order valence-corrected chi connectivity index (χ0v) is 10.8. The van der Waals surface area contributed by atoms with Crippen LogP contribution in [-0.2, 0) is 4.79 Å². The molecule has 1 aliphatic heterocycles. The summed E-state index contributed by atoms with van der Waals surface area (Å²) in [5.74, 6) is -0.166. The molecule has 0 spiro atoms. The molecule has 0 unspecified atom stereocenters. The highest BCUT2D eigenvalue weighted by Gasteiger charge is 2.25. The molecule has 0 aromatic carbocycles. The monoisotopic (exact) mass is 269 g/mol. The van der Waals surface area contributed by atoms with Gasteiger partial charge in [0.1, 0.15) is 10.7 Å². The first kappa shape index (κ1) is 12.6. The lowest BCUT2D eigenvalue weighted by Crippen LogP contribution is -2.37. The molecule has 0 aliphatic carbocycles. The Morgan fingerprint density at radius 3 is 3.06 bits per heavy atom. The van der Waals surface area contributed by atoms with E-state index in [-0.39, 0.29) is 24.2 Å². The van der Waals surface area contributed by atoms with Crippen molar-refractivity contribution in [2.75, 3.05) is 37.7 Å². The van der Waals surface area contributed by atoms with Crippen molar-refractivity contribution in [3.8, 4) is 0 Å². The maximum absolute atomic E-state index is 12.3. The Labute approximate surface area is 108 Å². The lowest BCUT2D eigenvalue weighted by Gasteiger charge is -2.17. The molecule has 1 aliphatic rings. The summed E-state index contributed by atoms with van der Waals surface area (Å²) < 4.78 is 0. The second-order valence-corrected chi connectivity index (χ2v) is 4.91. The second-order valence-electron chi connectivity index (χ2n) is 3.91. The maximum atomic E-state index is 12.3. The van der Waals surface area contributed by atoms with Crippen molar-refractivity contribution in [1.29, 1.82) is 0 Å². The van der Waals surface area contributed by atoms with Gasteiger partial charge in [-0.15, -0.1) is 0 Å². The van der Waals surface area contributed by atoms with Gasteiger partial charge in [0, 0.05) is 20.1 Å². The fraction of sp³-hybridized carbons (Fsp3) is 0.500. The highest BCUT2D eigenvalue weighted by Crippen LogP contribution is 2.26. The fourth-order valence-corrected chi connectivity index (χ4v) is 2.52. The number of thiazole rings is 1. The van der Waals surface area contributed by atoms with Crippen molar-refractivity contribution in [2.45, 2.75) is 6.42 Å². The summed E-state index contributed by atoms with van der Waals surface area (Å²) in [6, 6.07) is 0. The third-order valence-corrected chi connectivity index (χ3v) is 3.69. The molecule has 0 radical (unpaired) electrons. The largest absolute Gasteiger partial charge is 0.382 e. The summed E-state index contributed by atoms with van der Waals surface area (Å²) in [5, 5.41) is 6.16. The molecule has 2 amide bonds. The Balaban J connectivity index is 2.18. The van der Waals surface area contributed by atoms with Gasteiger partial charge < -0.3 is 21.3 Å². The Kier molecular flexibility index (Phi) is 3.66. The lowest BCUT2D eigenvalue weighted by molar-refractivity contribution is -0.121. The molecule has 8 heteroatoms. The summed E-state index contributed by atoms with van der Waals surface area (Å²) in [6.07, 6.45) is 0.745. The summed E-state index contributed by atoms with van der Waals surface area (Å²) in [4.78, 5) is 29.6. The third-order valence-electron chi connectivity index (χ3n) is 2.61. The topological polar surface area (TPSA) is 100 Å². The molecule has 0 saturated carbocycles. The highest BCUT2D eigenvalue weighted by molar-refractivity contribution is 7.18. The quantitative estimate of drug-likeness (QED) is 0.686. The number of nitrogen functional groups attached to an aromatic ring is 1. The molecule has 1 fully saturated rings. The minimum atomic E-state index is -0.233. The first-order valence-corrected chi connectivity index (χ1v) is 6.43. The van der Waals surface area contributed by atoms with Gasteiger partial charge in [-0.1, -0.05) is 11.3 Å². The summed E-state index contributed by atoms with van der Waals surface area (Å²) in [7, 11) is 1.71. The number of hydrogen-bond acceptors (Lipinski definition) is 6. The van der Waals surface area contributed by atoms with Crippen LogP contribution in [0.15, 0.2) is 0 Å². The molecule has 18 heavy (non-hydrogen) atoms. The number of nitrogens with zero attached hydrogens (tertiary/aromatic N) is 2. The maximum Gasteiger partial charge on any atom is 0.268 e. The number of rotatable bonds is 2. The van der Waals surface area contributed by atoms with E-state index >= 15 is 0 Å². The van der Waals surface area contributed by atoms with Crippen LogP contribution in [0.25, 0.3) is 0 Å². The molecule has 0 bridgehead atoms. The predicted octanol–water partition coefficient (Wildman–Crippen LogP) is -0.271. The average molecular weight is 269 g/mol. The molecular weight excluding hydrogens is 254 g/mol. The molecule has 4 N–H and O–H groups in total. The van der Waals surface area contributed by atoms with E-state index in [1.165, 1.54) is 16.2 Å². The van der Waals surface area contributed by atoms with Gasteiger partial charge in [0.2, 0.25) is 5.91 Å². The molecule has 98 valence electrons. The molecule has 2 heterocycles. The molecule has 1 aromatic rings. The van der Waals surface area contributed by atoms with Gasteiger partial charge in [0.05, 0.1) is 6.54 Å². The number of aromatic nitrogens is 1. The fourth-order valence-electron chi connectivity index (χ4n) is 1.72. The minimum absolute atomic E-state index is 0.0745. The lowest BCUT2D eigenvalue weighted by atomic mass is 10.3. The Morgan fingerprint density at radius 2 is 2.39 bits per heavy atom. The van der Waals surface area contributed by atoms with Crippen LogP contribution in [0.1, 0.15) is 16.1 Å². The molecule has 1 saturated heterocycles. The van der Waals surface area contributed by atoms with Crippen molar-refractivity contribution < 1.29 is 9.59 Å². The first-order chi connectivity index (χ1) is 8.61. The van der Waals surface area contributed by atoms with Gasteiger partial charge in [0.25, 0.3) is 5.91 Å². The average Bonchev–Trinajstić information content (AvgIpc) is 2.59. The van der Waals surface area contributed by atoms with Crippen molar-refractivity contribution in [2.24, 2.45) is 0 Å². The first-order valence-electron chi connectivity index (χ1n) is 5.62. The van der Waals surface area contributed by atoms with Crippen LogP contribution in [0.3, 0.4) is 0 Å². The van der Waals surface area contributed by atoms with Crippen molar-refractivity contribution in [3.63, 3.8) is 0 Å². The van der Waals surface area contributed by atoms with Crippen LogP contribution in [-0.4, -0.2) is 48.4 Å². The predicted molar refractivity (Wildman–Crippen MR) is 69.6 cm³/mol. The molecule has 7 nitrogen and oxygen atoms in total. The van der Waals surface area contributed by atoms with Gasteiger partial charge in [-0.3, -0.25) is 9.59 Å². The van der Waals surface area contributed by atoms with Gasteiger partial charge in [-0.05, 0) is 6.42 Å². The van der Waals surface area contributed by atoms with E-state index in [1.807, 2.05) is 0 Å². The Bertz CT molecular complexity index is 473. The van der Waals surface area contributed by atoms with Gasteiger partial charge in [-0.25, -0.2) is 4.98 Å². The van der Waals surface area contributed by atoms with E-state index < -0.39 is 0 Å². The number of carbonyl (C=O) groups is 2. The van der Waals surface area contributed by atoms with Crippen molar-refractivity contribution in [1.82, 2.24) is 15.2 Å². The van der Waals surface area contributed by atoms with Crippen LogP contribution in [0, 0.1) is 0 Å². The van der Waals surface area contributed by atoms with Crippen LogP contribution in [0.5, 0.6) is 0 Å². The standard InChI is InChI=1S/C10H15N5O2S/c1-12-10-14-8(11)7(18-10)9(17)15-4-2-3-13-6(16)5-15/h2-5,11H2,1H3,(H,12,14)(H,13,16). The van der Waals surface area contributed by atoms with E-state index in [4.69, 9.17) is 5.73 Å². The van der Waals surface area contributed by atoms with Crippen molar-refractivity contribution in [3.05, 3.63) is 4.88 Å². The number of amides is 2. The van der Waals surface area contributed by atoms with Crippen LogP contribution in [0.2, 0.25) is 0 Å². The van der Waals surface area contributed by atoms with E-state index in [9.17, 15) is 9.59 Å². The van der Waals surface area contributed by atoms with E-state index in [1.54, 1.807) is 7.05 Å². The van der Waals surface area contributed by atoms with Gasteiger partial charge >= 0.3 is 0 Å². The second kappa shape index (κ2) is 5.21. The van der Waals surface area contributed by atoms with Gasteiger partial charge in [-0.2, -0.15) is 0 Å². The summed E-state index contributed by atoms with van der Waals surface area (Å²) in [5.41, 5.74) is 5.71. The molecule has 1 aromatic heterocycles. The summed E-state index contributed by atoms with van der Waals surface area (Å²) >= 11 is 1.20. The van der Waals surface area contributed by atoms with E-state index in [0.717, 1.165) is 6.42 Å². The normalized spacial score (nSPS) is 16.1. The Morgan fingerprint density at radius 1 is 1.61 bits per heavy atom. The van der Waals surface area contributed by atoms with Crippen LogP contribution < -0.4 is 16.4 Å². The number of nitrogens with one attached hydrogen (secondary N) is 2. The molecule has 2 rings (SSSR count). The van der Waals surface area contributed by atoms with E-state index in [2.05, 4.69) is 15.6 Å². The van der Waals surface area contributed by atoms with Crippen LogP contribution >= 0.6 is 11.3 Å². The molecule has 0 atom stereocenters. The zero-order valence-electron chi connectivity index (χ0n) is 10.0. The number of nitrogens with two attached hydrogens (primary N) is 1. The highest BCUT2D eigenvalue weighted by atomic mass is 32.1. The number of anilines is 2. The summed E-state index contributed by atoms with van der Waals surface area (Å²) in [6.45, 7) is 1.22. The number of hydrogen-bond donors (Lipinski definition) is 3. The van der Waals surface area contributed by atoms with Crippen LogP contribution in [0.4, 0.5) is 10.9 Å².